The van der Waals surface area contributed by atoms with Crippen LogP contribution in [0.25, 0.3) is 28.1 Å². The second-order valence-corrected chi connectivity index (χ2v) is 5.75. The molecule has 0 aliphatic rings. The van der Waals surface area contributed by atoms with Gasteiger partial charge in [0.1, 0.15) is 18.2 Å². The second-order valence-electron chi connectivity index (χ2n) is 5.75. The number of ether oxygens (including phenoxy) is 1. The predicted molar refractivity (Wildman–Crippen MR) is 95.9 cm³/mol. The first-order valence-electron chi connectivity index (χ1n) is 8.05. The standard InChI is InChI=1S/C19H18N4O2/c1-22-13-21-17-7-4-15(12-18(17)22)23-9-8-20-19(23)14-2-5-16(6-3-14)25-11-10-24/h2-9,12-13,24H,10-11H2,1H3. The molecule has 2 aromatic carbocycles. The number of hydrogen-bond acceptors (Lipinski definition) is 4. The van der Waals surface area contributed by atoms with Gasteiger partial charge >= 0.3 is 0 Å². The van der Waals surface area contributed by atoms with Gasteiger partial charge < -0.3 is 14.4 Å². The number of nitrogens with zero attached hydrogens (tertiary/aromatic N) is 4. The first-order valence-corrected chi connectivity index (χ1v) is 8.05. The van der Waals surface area contributed by atoms with Crippen molar-refractivity contribution in [1.82, 2.24) is 19.1 Å². The molecule has 0 aliphatic heterocycles. The summed E-state index contributed by atoms with van der Waals surface area (Å²) in [5, 5.41) is 8.83. The Morgan fingerprint density at radius 1 is 1.08 bits per heavy atom. The zero-order chi connectivity index (χ0) is 17.2. The Balaban J connectivity index is 1.70. The Hall–Kier alpha value is -3.12. The van der Waals surface area contributed by atoms with Gasteiger partial charge in [-0.25, -0.2) is 9.97 Å². The molecule has 126 valence electrons. The Kier molecular flexibility index (Phi) is 3.95. The van der Waals surface area contributed by atoms with E-state index in [0.717, 1.165) is 33.9 Å². The Labute approximate surface area is 145 Å². The number of aliphatic hydroxyl groups is 1. The lowest BCUT2D eigenvalue weighted by atomic mass is 10.2. The van der Waals surface area contributed by atoms with Crippen molar-refractivity contribution in [1.29, 1.82) is 0 Å². The van der Waals surface area contributed by atoms with Crippen molar-refractivity contribution in [2.45, 2.75) is 0 Å². The Bertz CT molecular complexity index is 1000. The minimum atomic E-state index is 0.00263. The number of imidazole rings is 2. The van der Waals surface area contributed by atoms with Crippen LogP contribution >= 0.6 is 0 Å². The summed E-state index contributed by atoms with van der Waals surface area (Å²) in [6.07, 6.45) is 5.55. The molecule has 0 aliphatic carbocycles. The highest BCUT2D eigenvalue weighted by Gasteiger charge is 2.10. The Morgan fingerprint density at radius 3 is 2.72 bits per heavy atom. The van der Waals surface area contributed by atoms with Crippen molar-refractivity contribution in [3.63, 3.8) is 0 Å². The molecule has 2 heterocycles. The monoisotopic (exact) mass is 334 g/mol. The number of hydrogen-bond donors (Lipinski definition) is 1. The fourth-order valence-electron chi connectivity index (χ4n) is 2.85. The van der Waals surface area contributed by atoms with Gasteiger partial charge in [-0.1, -0.05) is 0 Å². The summed E-state index contributed by atoms with van der Waals surface area (Å²) < 4.78 is 9.46. The molecule has 0 amide bonds. The van der Waals surface area contributed by atoms with Crippen molar-refractivity contribution >= 4 is 11.0 Å². The van der Waals surface area contributed by atoms with Crippen LogP contribution in [-0.2, 0) is 7.05 Å². The fraction of sp³-hybridized carbons (Fsp3) is 0.158. The van der Waals surface area contributed by atoms with E-state index in [0.29, 0.717) is 6.61 Å². The summed E-state index contributed by atoms with van der Waals surface area (Å²) in [6, 6.07) is 13.9. The van der Waals surface area contributed by atoms with E-state index in [9.17, 15) is 0 Å². The van der Waals surface area contributed by atoms with Crippen LogP contribution in [0.2, 0.25) is 0 Å². The van der Waals surface area contributed by atoms with Crippen LogP contribution in [0.5, 0.6) is 5.75 Å². The van der Waals surface area contributed by atoms with E-state index < -0.39 is 0 Å². The van der Waals surface area contributed by atoms with E-state index in [4.69, 9.17) is 9.84 Å². The number of aliphatic hydroxyl groups excluding tert-OH is 1. The SMILES string of the molecule is Cn1cnc2ccc(-n3ccnc3-c3ccc(OCCO)cc3)cc21. The quantitative estimate of drug-likeness (QED) is 0.609. The van der Waals surface area contributed by atoms with E-state index in [1.807, 2.05) is 60.5 Å². The van der Waals surface area contributed by atoms with Gasteiger partial charge in [-0.15, -0.1) is 0 Å². The molecule has 1 N–H and O–H groups in total. The lowest BCUT2D eigenvalue weighted by Crippen LogP contribution is -2.01. The van der Waals surface area contributed by atoms with E-state index in [2.05, 4.69) is 20.6 Å². The molecule has 0 bridgehead atoms. The van der Waals surface area contributed by atoms with Gasteiger partial charge in [0.2, 0.25) is 0 Å². The fourth-order valence-corrected chi connectivity index (χ4v) is 2.85. The number of fused-ring (bicyclic) bond motifs is 1. The van der Waals surface area contributed by atoms with Crippen molar-refractivity contribution in [2.24, 2.45) is 7.05 Å². The lowest BCUT2D eigenvalue weighted by molar-refractivity contribution is 0.201. The van der Waals surface area contributed by atoms with Gasteiger partial charge in [0.25, 0.3) is 0 Å². The zero-order valence-electron chi connectivity index (χ0n) is 13.8. The van der Waals surface area contributed by atoms with Crippen LogP contribution in [0, 0.1) is 0 Å². The molecule has 4 aromatic rings. The first kappa shape index (κ1) is 15.4. The molecule has 2 aromatic heterocycles. The summed E-state index contributed by atoms with van der Waals surface area (Å²) >= 11 is 0. The predicted octanol–water partition coefficient (Wildman–Crippen LogP) is 2.80. The van der Waals surface area contributed by atoms with Gasteiger partial charge in [-0.3, -0.25) is 4.57 Å². The van der Waals surface area contributed by atoms with Crippen LogP contribution in [0.1, 0.15) is 0 Å². The maximum absolute atomic E-state index is 8.83. The minimum Gasteiger partial charge on any atom is -0.491 e. The maximum atomic E-state index is 8.83. The molecule has 0 saturated heterocycles. The molecule has 0 saturated carbocycles. The average molecular weight is 334 g/mol. The molecule has 0 spiro atoms. The van der Waals surface area contributed by atoms with E-state index >= 15 is 0 Å². The van der Waals surface area contributed by atoms with Gasteiger partial charge in [-0.05, 0) is 42.5 Å². The second kappa shape index (κ2) is 6.41. The van der Waals surface area contributed by atoms with Gasteiger partial charge in [0.05, 0.1) is 24.0 Å². The van der Waals surface area contributed by atoms with Crippen molar-refractivity contribution in [3.8, 4) is 22.8 Å². The normalized spacial score (nSPS) is 11.1. The molecule has 25 heavy (non-hydrogen) atoms. The van der Waals surface area contributed by atoms with Gasteiger partial charge in [-0.2, -0.15) is 0 Å². The van der Waals surface area contributed by atoms with Crippen LogP contribution in [-0.4, -0.2) is 37.4 Å². The largest absolute Gasteiger partial charge is 0.491 e. The van der Waals surface area contributed by atoms with E-state index in [1.165, 1.54) is 0 Å². The minimum absolute atomic E-state index is 0.00263. The molecule has 6 nitrogen and oxygen atoms in total. The topological polar surface area (TPSA) is 65.1 Å². The Morgan fingerprint density at radius 2 is 1.92 bits per heavy atom. The van der Waals surface area contributed by atoms with Crippen molar-refractivity contribution in [2.75, 3.05) is 13.2 Å². The van der Waals surface area contributed by atoms with Crippen LogP contribution in [0.3, 0.4) is 0 Å². The highest BCUT2D eigenvalue weighted by atomic mass is 16.5. The number of aromatic nitrogens is 4. The molecule has 4 rings (SSSR count). The van der Waals surface area contributed by atoms with Crippen molar-refractivity contribution < 1.29 is 9.84 Å². The number of benzene rings is 2. The molecule has 6 heteroatoms. The summed E-state index contributed by atoms with van der Waals surface area (Å²) in [5.41, 5.74) is 4.07. The number of aryl methyl sites for hydroxylation is 1. The molecule has 0 fully saturated rings. The third-order valence-electron chi connectivity index (χ3n) is 4.10. The van der Waals surface area contributed by atoms with Crippen LogP contribution in [0.15, 0.2) is 61.2 Å². The molecule has 0 atom stereocenters. The summed E-state index contributed by atoms with van der Waals surface area (Å²) in [5.74, 6) is 1.59. The van der Waals surface area contributed by atoms with E-state index in [1.54, 1.807) is 6.20 Å². The first-order chi connectivity index (χ1) is 12.3. The number of rotatable bonds is 5. The maximum Gasteiger partial charge on any atom is 0.144 e. The molecule has 0 radical (unpaired) electrons. The van der Waals surface area contributed by atoms with Gasteiger partial charge in [0, 0.05) is 30.7 Å². The third-order valence-corrected chi connectivity index (χ3v) is 4.10. The van der Waals surface area contributed by atoms with Crippen molar-refractivity contribution in [3.05, 3.63) is 61.2 Å². The summed E-state index contributed by atoms with van der Waals surface area (Å²) in [7, 11) is 1.99. The lowest BCUT2D eigenvalue weighted by Gasteiger charge is -2.10. The average Bonchev–Trinajstić information content (AvgIpc) is 3.27. The summed E-state index contributed by atoms with van der Waals surface area (Å²) in [6.45, 7) is 0.293. The smallest absolute Gasteiger partial charge is 0.144 e. The highest BCUT2D eigenvalue weighted by molar-refractivity contribution is 5.78. The molecule has 0 unspecified atom stereocenters. The van der Waals surface area contributed by atoms with Crippen LogP contribution < -0.4 is 4.74 Å². The molecular formula is C19H18N4O2. The third kappa shape index (κ3) is 2.88. The van der Waals surface area contributed by atoms with Crippen LogP contribution in [0.4, 0.5) is 0 Å². The highest BCUT2D eigenvalue weighted by Crippen LogP contribution is 2.25. The zero-order valence-corrected chi connectivity index (χ0v) is 13.8. The van der Waals surface area contributed by atoms with E-state index in [-0.39, 0.29) is 6.61 Å². The molecular weight excluding hydrogens is 316 g/mol. The summed E-state index contributed by atoms with van der Waals surface area (Å²) in [4.78, 5) is 8.87. The van der Waals surface area contributed by atoms with Gasteiger partial charge in [0.15, 0.2) is 0 Å².